The topological polar surface area (TPSA) is 42.1 Å². The van der Waals surface area contributed by atoms with Crippen LogP contribution in [0.25, 0.3) is 11.4 Å². The number of pyridine rings is 1. The van der Waals surface area contributed by atoms with Crippen LogP contribution in [0.3, 0.4) is 0 Å². The summed E-state index contributed by atoms with van der Waals surface area (Å²) < 4.78 is 4.83. The van der Waals surface area contributed by atoms with Crippen LogP contribution in [0, 0.1) is 4.77 Å². The lowest BCUT2D eigenvalue weighted by Gasteiger charge is -2.33. The fraction of sp³-hybridized carbons (Fsp3) is 0.562. The molecule has 0 atom stereocenters. The van der Waals surface area contributed by atoms with Gasteiger partial charge in [0, 0.05) is 50.7 Å². The molecule has 7 heteroatoms. The molecule has 0 radical (unpaired) electrons. The van der Waals surface area contributed by atoms with E-state index in [9.17, 15) is 0 Å². The van der Waals surface area contributed by atoms with Crippen molar-refractivity contribution in [3.63, 3.8) is 0 Å². The molecular formula is C16H24N6S. The summed E-state index contributed by atoms with van der Waals surface area (Å²) in [6, 6.07) is 3.96. The predicted octanol–water partition coefficient (Wildman–Crippen LogP) is 2.09. The summed E-state index contributed by atoms with van der Waals surface area (Å²) >= 11 is 5.64. The first-order valence-corrected chi connectivity index (χ1v) is 8.66. The van der Waals surface area contributed by atoms with Crippen LogP contribution in [0.5, 0.6) is 0 Å². The molecule has 23 heavy (non-hydrogen) atoms. The summed E-state index contributed by atoms with van der Waals surface area (Å²) in [5, 5.41) is 4.78. The standard InChI is InChI=1S/C16H24N6S/c1-3-19-9-11-20(12-10-19)13-22-16(23)21(4-2)15(18-22)14-5-7-17-8-6-14/h5-8H,3-4,9-13H2,1-2H3. The van der Waals surface area contributed by atoms with Gasteiger partial charge in [-0.3, -0.25) is 9.88 Å². The molecule has 3 heterocycles. The average molecular weight is 332 g/mol. The Kier molecular flexibility index (Phi) is 5.20. The molecule has 6 nitrogen and oxygen atoms in total. The number of hydrogen-bond acceptors (Lipinski definition) is 5. The van der Waals surface area contributed by atoms with Gasteiger partial charge in [-0.15, -0.1) is 0 Å². The van der Waals surface area contributed by atoms with E-state index in [4.69, 9.17) is 17.3 Å². The Morgan fingerprint density at radius 1 is 1.00 bits per heavy atom. The van der Waals surface area contributed by atoms with Crippen LogP contribution >= 0.6 is 12.2 Å². The van der Waals surface area contributed by atoms with Crippen molar-refractivity contribution in [2.45, 2.75) is 27.1 Å². The van der Waals surface area contributed by atoms with E-state index in [2.05, 4.69) is 33.2 Å². The SMILES string of the molecule is CCN1CCN(Cn2nc(-c3ccncc3)n(CC)c2=S)CC1. The van der Waals surface area contributed by atoms with E-state index in [1.807, 2.05) is 16.8 Å². The molecule has 0 amide bonds. The lowest BCUT2D eigenvalue weighted by atomic mass is 10.2. The first-order chi connectivity index (χ1) is 11.2. The second-order valence-corrected chi connectivity index (χ2v) is 6.14. The molecular weight excluding hydrogens is 308 g/mol. The second kappa shape index (κ2) is 7.33. The monoisotopic (exact) mass is 332 g/mol. The summed E-state index contributed by atoms with van der Waals surface area (Å²) in [6.07, 6.45) is 3.59. The molecule has 0 saturated carbocycles. The summed E-state index contributed by atoms with van der Waals surface area (Å²) in [5.41, 5.74) is 1.06. The highest BCUT2D eigenvalue weighted by molar-refractivity contribution is 7.71. The maximum atomic E-state index is 5.64. The number of aromatic nitrogens is 4. The number of rotatable bonds is 5. The highest BCUT2D eigenvalue weighted by Crippen LogP contribution is 2.17. The normalized spacial score (nSPS) is 16.8. The molecule has 2 aromatic heterocycles. The van der Waals surface area contributed by atoms with Gasteiger partial charge in [-0.1, -0.05) is 6.92 Å². The lowest BCUT2D eigenvalue weighted by molar-refractivity contribution is 0.106. The Morgan fingerprint density at radius 2 is 1.65 bits per heavy atom. The number of nitrogens with zero attached hydrogens (tertiary/aromatic N) is 6. The first-order valence-electron chi connectivity index (χ1n) is 8.25. The summed E-state index contributed by atoms with van der Waals surface area (Å²) in [4.78, 5) is 8.98. The van der Waals surface area contributed by atoms with Gasteiger partial charge in [0.25, 0.3) is 0 Å². The van der Waals surface area contributed by atoms with E-state index in [1.54, 1.807) is 12.4 Å². The maximum absolute atomic E-state index is 5.64. The zero-order valence-electron chi connectivity index (χ0n) is 13.9. The van der Waals surface area contributed by atoms with Gasteiger partial charge in [0.05, 0.1) is 6.67 Å². The summed E-state index contributed by atoms with van der Waals surface area (Å²) in [7, 11) is 0. The van der Waals surface area contributed by atoms with Gasteiger partial charge in [0.1, 0.15) is 0 Å². The minimum absolute atomic E-state index is 0.765. The average Bonchev–Trinajstić information content (AvgIpc) is 2.92. The van der Waals surface area contributed by atoms with Crippen molar-refractivity contribution >= 4 is 12.2 Å². The van der Waals surface area contributed by atoms with Gasteiger partial charge in [-0.05, 0) is 37.8 Å². The van der Waals surface area contributed by atoms with Crippen LogP contribution in [0.2, 0.25) is 0 Å². The van der Waals surface area contributed by atoms with Crippen LogP contribution in [0.1, 0.15) is 13.8 Å². The minimum Gasteiger partial charge on any atom is -0.301 e. The molecule has 0 aromatic carbocycles. The van der Waals surface area contributed by atoms with Crippen molar-refractivity contribution in [3.8, 4) is 11.4 Å². The molecule has 0 bridgehead atoms. The Hall–Kier alpha value is -1.57. The third kappa shape index (κ3) is 3.52. The molecule has 124 valence electrons. The van der Waals surface area contributed by atoms with Crippen LogP contribution in [0.15, 0.2) is 24.5 Å². The minimum atomic E-state index is 0.765. The quantitative estimate of drug-likeness (QED) is 0.784. The first kappa shape index (κ1) is 16.3. The third-order valence-corrected chi connectivity index (χ3v) is 4.85. The van der Waals surface area contributed by atoms with E-state index >= 15 is 0 Å². The molecule has 2 aromatic rings. The Bertz CT molecular complexity index is 684. The highest BCUT2D eigenvalue weighted by Gasteiger charge is 2.18. The van der Waals surface area contributed by atoms with Gasteiger partial charge in [0.15, 0.2) is 10.6 Å². The Morgan fingerprint density at radius 3 is 2.26 bits per heavy atom. The Labute approximate surface area is 142 Å². The van der Waals surface area contributed by atoms with Crippen LogP contribution in [-0.2, 0) is 13.2 Å². The predicted molar refractivity (Wildman–Crippen MR) is 93.6 cm³/mol. The summed E-state index contributed by atoms with van der Waals surface area (Å²) in [6.45, 7) is 11.4. The second-order valence-electron chi connectivity index (χ2n) is 5.78. The van der Waals surface area contributed by atoms with Crippen molar-refractivity contribution in [2.75, 3.05) is 32.7 Å². The number of piperazine rings is 1. The van der Waals surface area contributed by atoms with E-state index < -0.39 is 0 Å². The fourth-order valence-electron chi connectivity index (χ4n) is 2.97. The van der Waals surface area contributed by atoms with Crippen LogP contribution < -0.4 is 0 Å². The van der Waals surface area contributed by atoms with E-state index in [0.717, 1.165) is 62.1 Å². The molecule has 0 spiro atoms. The molecule has 0 unspecified atom stereocenters. The maximum Gasteiger partial charge on any atom is 0.199 e. The van der Waals surface area contributed by atoms with Gasteiger partial charge < -0.3 is 9.47 Å². The van der Waals surface area contributed by atoms with Gasteiger partial charge >= 0.3 is 0 Å². The molecule has 1 fully saturated rings. The van der Waals surface area contributed by atoms with Crippen molar-refractivity contribution in [1.82, 2.24) is 29.1 Å². The van der Waals surface area contributed by atoms with Crippen LogP contribution in [0.4, 0.5) is 0 Å². The molecule has 0 N–H and O–H groups in total. The van der Waals surface area contributed by atoms with E-state index in [-0.39, 0.29) is 0 Å². The van der Waals surface area contributed by atoms with Crippen LogP contribution in [-0.4, -0.2) is 61.9 Å². The smallest absolute Gasteiger partial charge is 0.199 e. The van der Waals surface area contributed by atoms with Gasteiger partial charge in [-0.2, -0.15) is 5.10 Å². The van der Waals surface area contributed by atoms with Crippen molar-refractivity contribution in [1.29, 1.82) is 0 Å². The third-order valence-electron chi connectivity index (χ3n) is 4.42. The van der Waals surface area contributed by atoms with Crippen molar-refractivity contribution in [3.05, 3.63) is 29.3 Å². The number of likely N-dealkylation sites (N-methyl/N-ethyl adjacent to an activating group) is 1. The molecule has 1 aliphatic heterocycles. The number of hydrogen-bond donors (Lipinski definition) is 0. The largest absolute Gasteiger partial charge is 0.301 e. The molecule has 1 saturated heterocycles. The van der Waals surface area contributed by atoms with E-state index in [0.29, 0.717) is 0 Å². The zero-order chi connectivity index (χ0) is 16.2. The van der Waals surface area contributed by atoms with Gasteiger partial charge in [-0.25, -0.2) is 4.68 Å². The molecule has 0 aliphatic carbocycles. The zero-order valence-corrected chi connectivity index (χ0v) is 14.7. The molecule has 3 rings (SSSR count). The summed E-state index contributed by atoms with van der Waals surface area (Å²) in [5.74, 6) is 0.923. The lowest BCUT2D eigenvalue weighted by Crippen LogP contribution is -2.46. The van der Waals surface area contributed by atoms with E-state index in [1.165, 1.54) is 0 Å². The van der Waals surface area contributed by atoms with Crippen molar-refractivity contribution < 1.29 is 0 Å². The van der Waals surface area contributed by atoms with Crippen molar-refractivity contribution in [2.24, 2.45) is 0 Å². The highest BCUT2D eigenvalue weighted by atomic mass is 32.1. The molecule has 1 aliphatic rings. The Balaban J connectivity index is 1.81. The van der Waals surface area contributed by atoms with Gasteiger partial charge in [0.2, 0.25) is 0 Å². The fourth-order valence-corrected chi connectivity index (χ4v) is 3.28.